The lowest BCUT2D eigenvalue weighted by molar-refractivity contribution is 0.434. The second kappa shape index (κ2) is 8.37. The minimum absolute atomic E-state index is 0.376. The van der Waals surface area contributed by atoms with Gasteiger partial charge < -0.3 is 15.1 Å². The number of hydrogen-bond acceptors (Lipinski definition) is 4. The Kier molecular flexibility index (Phi) is 6.49. The molecular formula is C17H26N2OS. The fraction of sp³-hybridized carbons (Fsp3) is 0.529. The lowest BCUT2D eigenvalue weighted by Crippen LogP contribution is -2.24. The molecular weight excluding hydrogens is 280 g/mol. The standard InChI is InChI=1S/C17H26N2OS/c1-4-10-19-15(14-9-11-20-12-14)6-7-16(18-3)17-8-5-13(2)21-17/h5,8-9,11-12,15-16,18-19H,4,6-7,10H2,1-3H3. The van der Waals surface area contributed by atoms with Gasteiger partial charge in [0.1, 0.15) is 0 Å². The van der Waals surface area contributed by atoms with Crippen LogP contribution in [0.5, 0.6) is 0 Å². The second-order valence-corrected chi connectivity index (χ2v) is 6.75. The molecule has 0 radical (unpaired) electrons. The topological polar surface area (TPSA) is 37.2 Å². The van der Waals surface area contributed by atoms with Gasteiger partial charge in [0.2, 0.25) is 0 Å². The molecule has 2 N–H and O–H groups in total. The molecule has 0 spiro atoms. The molecule has 0 aliphatic heterocycles. The third kappa shape index (κ3) is 4.70. The molecule has 0 saturated heterocycles. The first-order valence-corrected chi connectivity index (χ1v) is 8.55. The Morgan fingerprint density at radius 3 is 2.57 bits per heavy atom. The van der Waals surface area contributed by atoms with Crippen LogP contribution in [0.25, 0.3) is 0 Å². The maximum Gasteiger partial charge on any atom is 0.0950 e. The highest BCUT2D eigenvalue weighted by Crippen LogP contribution is 2.29. The van der Waals surface area contributed by atoms with Crippen molar-refractivity contribution in [1.29, 1.82) is 0 Å². The molecule has 0 aliphatic carbocycles. The Bertz CT molecular complexity index is 507. The molecule has 4 heteroatoms. The first-order chi connectivity index (χ1) is 10.2. The van der Waals surface area contributed by atoms with Crippen molar-refractivity contribution in [3.05, 3.63) is 46.0 Å². The van der Waals surface area contributed by atoms with E-state index in [1.807, 2.05) is 24.6 Å². The molecule has 2 aromatic heterocycles. The lowest BCUT2D eigenvalue weighted by atomic mass is 10.0. The zero-order valence-corrected chi connectivity index (χ0v) is 14.0. The van der Waals surface area contributed by atoms with Gasteiger partial charge in [-0.2, -0.15) is 0 Å². The van der Waals surface area contributed by atoms with Crippen LogP contribution >= 0.6 is 11.3 Å². The quantitative estimate of drug-likeness (QED) is 0.719. The van der Waals surface area contributed by atoms with Gasteiger partial charge in [-0.3, -0.25) is 0 Å². The Morgan fingerprint density at radius 2 is 2.00 bits per heavy atom. The number of hydrogen-bond donors (Lipinski definition) is 2. The van der Waals surface area contributed by atoms with Crippen molar-refractivity contribution >= 4 is 11.3 Å². The molecule has 2 unspecified atom stereocenters. The average molecular weight is 306 g/mol. The Balaban J connectivity index is 1.96. The minimum Gasteiger partial charge on any atom is -0.472 e. The van der Waals surface area contributed by atoms with E-state index in [2.05, 4.69) is 42.7 Å². The van der Waals surface area contributed by atoms with Crippen LogP contribution in [0.1, 0.15) is 53.6 Å². The zero-order chi connectivity index (χ0) is 15.1. The molecule has 0 bridgehead atoms. The molecule has 3 nitrogen and oxygen atoms in total. The van der Waals surface area contributed by atoms with Crippen molar-refractivity contribution in [2.45, 2.75) is 45.2 Å². The van der Waals surface area contributed by atoms with E-state index in [4.69, 9.17) is 4.42 Å². The molecule has 0 saturated carbocycles. The maximum atomic E-state index is 5.24. The fourth-order valence-corrected chi connectivity index (χ4v) is 3.60. The summed E-state index contributed by atoms with van der Waals surface area (Å²) in [6.07, 6.45) is 6.98. The normalized spacial score (nSPS) is 14.2. The predicted octanol–water partition coefficient (Wildman–Crippen LogP) is 4.43. The maximum absolute atomic E-state index is 5.24. The van der Waals surface area contributed by atoms with E-state index in [1.165, 1.54) is 15.3 Å². The van der Waals surface area contributed by atoms with E-state index in [9.17, 15) is 0 Å². The summed E-state index contributed by atoms with van der Waals surface area (Å²) in [5.74, 6) is 0. The van der Waals surface area contributed by atoms with Crippen molar-refractivity contribution < 1.29 is 4.42 Å². The monoisotopic (exact) mass is 306 g/mol. The summed E-state index contributed by atoms with van der Waals surface area (Å²) in [6, 6.07) is 7.32. The van der Waals surface area contributed by atoms with Gasteiger partial charge in [-0.05, 0) is 58.0 Å². The van der Waals surface area contributed by atoms with Gasteiger partial charge in [-0.1, -0.05) is 6.92 Å². The van der Waals surface area contributed by atoms with Gasteiger partial charge >= 0.3 is 0 Å². The third-order valence-electron chi connectivity index (χ3n) is 3.78. The van der Waals surface area contributed by atoms with Crippen molar-refractivity contribution in [1.82, 2.24) is 10.6 Å². The summed E-state index contributed by atoms with van der Waals surface area (Å²) in [4.78, 5) is 2.80. The fourth-order valence-electron chi connectivity index (χ4n) is 2.58. The molecule has 116 valence electrons. The summed E-state index contributed by atoms with van der Waals surface area (Å²) < 4.78 is 5.24. The SMILES string of the molecule is CCCNC(CCC(NC)c1ccc(C)s1)c1ccoc1. The van der Waals surface area contributed by atoms with Crippen molar-refractivity contribution in [3.63, 3.8) is 0 Å². The van der Waals surface area contributed by atoms with Crippen molar-refractivity contribution in [2.24, 2.45) is 0 Å². The van der Waals surface area contributed by atoms with Crippen LogP contribution in [0.2, 0.25) is 0 Å². The van der Waals surface area contributed by atoms with Crippen LogP contribution in [0.3, 0.4) is 0 Å². The average Bonchev–Trinajstić information content (AvgIpc) is 3.14. The Morgan fingerprint density at radius 1 is 1.19 bits per heavy atom. The summed E-state index contributed by atoms with van der Waals surface area (Å²) in [5, 5.41) is 7.07. The molecule has 0 aromatic carbocycles. The predicted molar refractivity (Wildman–Crippen MR) is 89.8 cm³/mol. The zero-order valence-electron chi connectivity index (χ0n) is 13.2. The van der Waals surface area contributed by atoms with Gasteiger partial charge in [0.25, 0.3) is 0 Å². The van der Waals surface area contributed by atoms with E-state index >= 15 is 0 Å². The number of aryl methyl sites for hydroxylation is 1. The van der Waals surface area contributed by atoms with E-state index in [0.717, 1.165) is 25.8 Å². The van der Waals surface area contributed by atoms with E-state index in [1.54, 1.807) is 6.26 Å². The smallest absolute Gasteiger partial charge is 0.0950 e. The summed E-state index contributed by atoms with van der Waals surface area (Å²) in [6.45, 7) is 5.40. The highest BCUT2D eigenvalue weighted by molar-refractivity contribution is 7.12. The summed E-state index contributed by atoms with van der Waals surface area (Å²) >= 11 is 1.89. The van der Waals surface area contributed by atoms with E-state index < -0.39 is 0 Å². The highest BCUT2D eigenvalue weighted by Gasteiger charge is 2.17. The van der Waals surface area contributed by atoms with Crippen LogP contribution < -0.4 is 10.6 Å². The van der Waals surface area contributed by atoms with Gasteiger partial charge in [-0.15, -0.1) is 11.3 Å². The van der Waals surface area contributed by atoms with Gasteiger partial charge in [0.05, 0.1) is 12.5 Å². The van der Waals surface area contributed by atoms with Crippen LogP contribution in [0.4, 0.5) is 0 Å². The van der Waals surface area contributed by atoms with Gasteiger partial charge in [0.15, 0.2) is 0 Å². The molecule has 2 heterocycles. The number of thiophene rings is 1. The second-order valence-electron chi connectivity index (χ2n) is 5.43. The molecule has 21 heavy (non-hydrogen) atoms. The van der Waals surface area contributed by atoms with Crippen molar-refractivity contribution in [3.8, 4) is 0 Å². The van der Waals surface area contributed by atoms with Crippen LogP contribution in [0, 0.1) is 6.92 Å². The summed E-state index contributed by atoms with van der Waals surface area (Å²) in [7, 11) is 2.05. The molecule has 0 aliphatic rings. The number of nitrogens with one attached hydrogen (secondary N) is 2. The van der Waals surface area contributed by atoms with Crippen LogP contribution in [-0.4, -0.2) is 13.6 Å². The summed E-state index contributed by atoms with van der Waals surface area (Å²) in [5.41, 5.74) is 1.25. The van der Waals surface area contributed by atoms with Gasteiger partial charge in [0, 0.05) is 27.4 Å². The first kappa shape index (κ1) is 16.3. The molecule has 2 rings (SSSR count). The third-order valence-corrected chi connectivity index (χ3v) is 4.90. The van der Waals surface area contributed by atoms with Crippen LogP contribution in [0.15, 0.2) is 35.1 Å². The molecule has 0 amide bonds. The Labute approximate surface area is 131 Å². The van der Waals surface area contributed by atoms with E-state index in [0.29, 0.717) is 12.1 Å². The van der Waals surface area contributed by atoms with Crippen molar-refractivity contribution in [2.75, 3.05) is 13.6 Å². The first-order valence-electron chi connectivity index (χ1n) is 7.73. The molecule has 2 aromatic rings. The molecule has 0 fully saturated rings. The molecule has 2 atom stereocenters. The highest BCUT2D eigenvalue weighted by atomic mass is 32.1. The number of rotatable bonds is 9. The van der Waals surface area contributed by atoms with E-state index in [-0.39, 0.29) is 0 Å². The number of furan rings is 1. The Hall–Kier alpha value is -1.10. The minimum atomic E-state index is 0.376. The largest absolute Gasteiger partial charge is 0.472 e. The van der Waals surface area contributed by atoms with Gasteiger partial charge in [-0.25, -0.2) is 0 Å². The van der Waals surface area contributed by atoms with Crippen LogP contribution in [-0.2, 0) is 0 Å². The lowest BCUT2D eigenvalue weighted by Gasteiger charge is -2.21.